The Hall–Kier alpha value is -4.47. The number of aromatic hydroxyl groups is 1. The lowest BCUT2D eigenvalue weighted by Crippen LogP contribution is -2.46. The van der Waals surface area contributed by atoms with E-state index in [1.54, 1.807) is 30.3 Å². The van der Waals surface area contributed by atoms with Crippen molar-refractivity contribution in [2.45, 2.75) is 104 Å². The van der Waals surface area contributed by atoms with Crippen LogP contribution in [0.4, 0.5) is 10.1 Å². The van der Waals surface area contributed by atoms with Crippen LogP contribution in [-0.2, 0) is 25.5 Å². The van der Waals surface area contributed by atoms with Gasteiger partial charge in [0.1, 0.15) is 17.2 Å². The summed E-state index contributed by atoms with van der Waals surface area (Å²) >= 11 is 0. The van der Waals surface area contributed by atoms with Crippen molar-refractivity contribution in [3.63, 3.8) is 0 Å². The van der Waals surface area contributed by atoms with Crippen LogP contribution < -0.4 is 5.32 Å². The SMILES string of the molecule is CC(C)c1c(C(=O)Nc2ccccc2O)c(-c2ccccc2)c(-c2ccc(F)cc2)n1CC[C@@H]1C[C@@H](CC(=O)OC(C)(C)C)OC(C)(C)O1. The van der Waals surface area contributed by atoms with Crippen LogP contribution in [0.5, 0.6) is 5.75 Å². The number of carbonyl (C=O) groups excluding carboxylic acids is 2. The largest absolute Gasteiger partial charge is 0.506 e. The van der Waals surface area contributed by atoms with Gasteiger partial charge in [-0.1, -0.05) is 56.3 Å². The summed E-state index contributed by atoms with van der Waals surface area (Å²) in [4.78, 5) is 27.1. The van der Waals surface area contributed by atoms with Crippen LogP contribution in [0.3, 0.4) is 0 Å². The van der Waals surface area contributed by atoms with E-state index in [1.165, 1.54) is 18.2 Å². The number of para-hydroxylation sites is 2. The molecule has 2 atom stereocenters. The van der Waals surface area contributed by atoms with Crippen molar-refractivity contribution >= 4 is 17.6 Å². The van der Waals surface area contributed by atoms with Gasteiger partial charge in [-0.15, -0.1) is 0 Å². The number of nitrogens with zero attached hydrogens (tertiary/aromatic N) is 1. The Labute approximate surface area is 288 Å². The third-order valence-corrected chi connectivity index (χ3v) is 8.33. The molecule has 1 fully saturated rings. The number of rotatable bonds is 10. The van der Waals surface area contributed by atoms with Crippen molar-refractivity contribution < 1.29 is 33.3 Å². The third kappa shape index (κ3) is 8.77. The highest BCUT2D eigenvalue weighted by atomic mass is 19.1. The number of halogens is 1. The fourth-order valence-corrected chi connectivity index (χ4v) is 6.62. The smallest absolute Gasteiger partial charge is 0.308 e. The molecule has 2 N–H and O–H groups in total. The molecule has 3 aromatic carbocycles. The van der Waals surface area contributed by atoms with E-state index >= 15 is 0 Å². The minimum atomic E-state index is -0.926. The Morgan fingerprint density at radius 3 is 2.22 bits per heavy atom. The Morgan fingerprint density at radius 1 is 0.959 bits per heavy atom. The lowest BCUT2D eigenvalue weighted by molar-refractivity contribution is -0.301. The summed E-state index contributed by atoms with van der Waals surface area (Å²) in [5, 5.41) is 13.5. The molecule has 0 saturated carbocycles. The Bertz CT molecular complexity index is 1770. The molecule has 1 aromatic heterocycles. The number of ether oxygens (including phenoxy) is 3. The van der Waals surface area contributed by atoms with E-state index in [1.807, 2.05) is 78.8 Å². The average Bonchev–Trinajstić information content (AvgIpc) is 3.36. The van der Waals surface area contributed by atoms with E-state index < -0.39 is 17.5 Å². The Morgan fingerprint density at radius 2 is 1.59 bits per heavy atom. The number of benzene rings is 3. The van der Waals surface area contributed by atoms with Crippen LogP contribution in [0, 0.1) is 5.82 Å². The minimum absolute atomic E-state index is 0.0402. The monoisotopic (exact) mass is 670 g/mol. The summed E-state index contributed by atoms with van der Waals surface area (Å²) in [6.45, 7) is 13.7. The minimum Gasteiger partial charge on any atom is -0.506 e. The molecule has 0 radical (unpaired) electrons. The number of phenolic OH excluding ortho intramolecular Hbond substituents is 1. The first-order chi connectivity index (χ1) is 23.1. The molecule has 0 aliphatic carbocycles. The molecule has 1 saturated heterocycles. The van der Waals surface area contributed by atoms with Gasteiger partial charge in [0.25, 0.3) is 5.91 Å². The van der Waals surface area contributed by atoms with Gasteiger partial charge < -0.3 is 29.2 Å². The van der Waals surface area contributed by atoms with Gasteiger partial charge in [0, 0.05) is 24.2 Å². The van der Waals surface area contributed by atoms with Crippen LogP contribution in [0.15, 0.2) is 78.9 Å². The van der Waals surface area contributed by atoms with Crippen molar-refractivity contribution in [3.05, 3.63) is 95.9 Å². The molecule has 8 nitrogen and oxygen atoms in total. The average molecular weight is 671 g/mol. The van der Waals surface area contributed by atoms with E-state index in [-0.39, 0.29) is 41.9 Å². The van der Waals surface area contributed by atoms with Crippen LogP contribution in [0.2, 0.25) is 0 Å². The zero-order chi connectivity index (χ0) is 35.5. The maximum atomic E-state index is 14.4. The Balaban J connectivity index is 1.60. The molecular formula is C40H47FN2O6. The number of nitrogens with one attached hydrogen (secondary N) is 1. The van der Waals surface area contributed by atoms with Gasteiger partial charge in [-0.05, 0) is 94.5 Å². The van der Waals surface area contributed by atoms with Crippen LogP contribution in [0.25, 0.3) is 22.4 Å². The van der Waals surface area contributed by atoms with Crippen molar-refractivity contribution in [2.75, 3.05) is 5.32 Å². The van der Waals surface area contributed by atoms with E-state index in [0.29, 0.717) is 36.2 Å². The number of hydrogen-bond donors (Lipinski definition) is 2. The zero-order valence-corrected chi connectivity index (χ0v) is 29.4. The van der Waals surface area contributed by atoms with Crippen molar-refractivity contribution in [3.8, 4) is 28.1 Å². The summed E-state index contributed by atoms with van der Waals surface area (Å²) in [6.07, 6.45) is 0.484. The van der Waals surface area contributed by atoms with E-state index in [0.717, 1.165) is 22.5 Å². The summed E-state index contributed by atoms with van der Waals surface area (Å²) in [7, 11) is 0. The Kier molecular flexibility index (Phi) is 10.6. The van der Waals surface area contributed by atoms with E-state index in [2.05, 4.69) is 9.88 Å². The summed E-state index contributed by atoms with van der Waals surface area (Å²) in [5.74, 6) is -2.13. The van der Waals surface area contributed by atoms with Crippen LogP contribution in [0.1, 0.15) is 89.7 Å². The topological polar surface area (TPSA) is 99.0 Å². The summed E-state index contributed by atoms with van der Waals surface area (Å²) in [5.41, 5.74) is 4.02. The van der Waals surface area contributed by atoms with Gasteiger partial charge in [0.05, 0.1) is 35.6 Å². The molecule has 1 amide bonds. The molecular weight excluding hydrogens is 623 g/mol. The number of aromatic nitrogens is 1. The zero-order valence-electron chi connectivity index (χ0n) is 29.4. The second kappa shape index (κ2) is 14.6. The number of hydrogen-bond acceptors (Lipinski definition) is 6. The number of anilines is 1. The lowest BCUT2D eigenvalue weighted by Gasteiger charge is -2.41. The van der Waals surface area contributed by atoms with Gasteiger partial charge in [-0.25, -0.2) is 4.39 Å². The number of phenols is 1. The third-order valence-electron chi connectivity index (χ3n) is 8.33. The van der Waals surface area contributed by atoms with Gasteiger partial charge in [-0.3, -0.25) is 9.59 Å². The predicted molar refractivity (Wildman–Crippen MR) is 189 cm³/mol. The molecule has 1 aliphatic rings. The molecule has 49 heavy (non-hydrogen) atoms. The normalized spacial score (nSPS) is 17.6. The highest BCUT2D eigenvalue weighted by Crippen LogP contribution is 2.43. The molecule has 0 unspecified atom stereocenters. The van der Waals surface area contributed by atoms with E-state index in [9.17, 15) is 19.1 Å². The number of carbonyl (C=O) groups is 2. The fourth-order valence-electron chi connectivity index (χ4n) is 6.62. The number of esters is 1. The highest BCUT2D eigenvalue weighted by molar-refractivity contribution is 6.13. The molecule has 2 heterocycles. The first-order valence-electron chi connectivity index (χ1n) is 16.9. The van der Waals surface area contributed by atoms with Gasteiger partial charge in [0.15, 0.2) is 5.79 Å². The van der Waals surface area contributed by atoms with Crippen molar-refractivity contribution in [1.82, 2.24) is 4.57 Å². The summed E-state index contributed by atoms with van der Waals surface area (Å²) in [6, 6.07) is 22.6. The molecule has 5 rings (SSSR count). The van der Waals surface area contributed by atoms with Crippen molar-refractivity contribution in [1.29, 1.82) is 0 Å². The maximum absolute atomic E-state index is 14.4. The number of amides is 1. The quantitative estimate of drug-likeness (QED) is 0.129. The van der Waals surface area contributed by atoms with Gasteiger partial charge in [-0.2, -0.15) is 0 Å². The molecule has 9 heteroatoms. The van der Waals surface area contributed by atoms with Crippen molar-refractivity contribution in [2.24, 2.45) is 0 Å². The molecule has 0 spiro atoms. The van der Waals surface area contributed by atoms with E-state index in [4.69, 9.17) is 14.2 Å². The molecule has 4 aromatic rings. The van der Waals surface area contributed by atoms with Gasteiger partial charge in [0.2, 0.25) is 0 Å². The fraction of sp³-hybridized carbons (Fsp3) is 0.400. The van der Waals surface area contributed by atoms with Crippen LogP contribution in [-0.4, -0.2) is 45.1 Å². The highest BCUT2D eigenvalue weighted by Gasteiger charge is 2.38. The lowest BCUT2D eigenvalue weighted by atomic mass is 9.94. The van der Waals surface area contributed by atoms with Gasteiger partial charge >= 0.3 is 5.97 Å². The molecule has 0 bridgehead atoms. The predicted octanol–water partition coefficient (Wildman–Crippen LogP) is 9.07. The summed E-state index contributed by atoms with van der Waals surface area (Å²) < 4.78 is 34.5. The maximum Gasteiger partial charge on any atom is 0.308 e. The standard InChI is InChI=1S/C40H47FN2O6/c1-25(2)36-35(38(46)42-31-15-11-12-16-32(31)44)34(26-13-9-8-10-14-26)37(27-17-19-28(41)20-18-27)43(36)22-21-29-23-30(48-40(6,7)47-29)24-33(45)49-39(3,4)5/h8-20,25,29-30,44H,21-24H2,1-7H3,(H,42,46)/t29-,30+/m1/s1. The first-order valence-corrected chi connectivity index (χ1v) is 16.9. The first kappa shape index (κ1) is 35.8. The molecule has 260 valence electrons. The van der Waals surface area contributed by atoms with Crippen LogP contribution >= 0.6 is 0 Å². The molecule has 1 aliphatic heterocycles. The second-order valence-corrected chi connectivity index (χ2v) is 14.3. The second-order valence-electron chi connectivity index (χ2n) is 14.3.